The van der Waals surface area contributed by atoms with Gasteiger partial charge in [0.25, 0.3) is 0 Å². The summed E-state index contributed by atoms with van der Waals surface area (Å²) < 4.78 is 7.61. The largest absolute Gasteiger partial charge is 0.368 e. The number of benzene rings is 1. The normalized spacial score (nSPS) is 35.1. The molecule has 2 saturated carbocycles. The first kappa shape index (κ1) is 15.5. The van der Waals surface area contributed by atoms with E-state index >= 15 is 0 Å². The lowest BCUT2D eigenvalue weighted by Crippen LogP contribution is -2.38. The minimum absolute atomic E-state index is 0.000486. The van der Waals surface area contributed by atoms with Gasteiger partial charge in [-0.05, 0) is 53.7 Å². The van der Waals surface area contributed by atoms with Gasteiger partial charge in [-0.25, -0.2) is 0 Å². The van der Waals surface area contributed by atoms with Crippen molar-refractivity contribution in [1.29, 1.82) is 0 Å². The third-order valence-electron chi connectivity index (χ3n) is 6.48. The van der Waals surface area contributed by atoms with Gasteiger partial charge in [-0.3, -0.25) is 0 Å². The summed E-state index contributed by atoms with van der Waals surface area (Å²) in [6.45, 7) is 7.79. The number of fused-ring (bicyclic) bond motifs is 2. The van der Waals surface area contributed by atoms with Crippen LogP contribution in [0.5, 0.6) is 0 Å². The van der Waals surface area contributed by atoms with Gasteiger partial charge in [0, 0.05) is 11.0 Å². The maximum Gasteiger partial charge on any atom is 0.0951 e. The Bertz CT molecular complexity index is 530. The van der Waals surface area contributed by atoms with E-state index in [4.69, 9.17) is 10.5 Å². The zero-order valence-electron chi connectivity index (χ0n) is 13.2. The first-order valence-corrected chi connectivity index (χ1v) is 8.79. The summed E-state index contributed by atoms with van der Waals surface area (Å²) in [5.74, 6) is 0.799. The van der Waals surface area contributed by atoms with Crippen molar-refractivity contribution in [3.8, 4) is 0 Å². The highest BCUT2D eigenvalue weighted by molar-refractivity contribution is 9.10. The second kappa shape index (κ2) is 5.36. The van der Waals surface area contributed by atoms with Crippen LogP contribution in [0.15, 0.2) is 28.7 Å². The molecule has 2 N–H and O–H groups in total. The van der Waals surface area contributed by atoms with Crippen molar-refractivity contribution in [1.82, 2.24) is 0 Å². The molecule has 4 atom stereocenters. The first-order chi connectivity index (χ1) is 9.88. The van der Waals surface area contributed by atoms with Crippen molar-refractivity contribution in [2.45, 2.75) is 52.2 Å². The molecule has 3 rings (SSSR count). The van der Waals surface area contributed by atoms with Gasteiger partial charge in [-0.2, -0.15) is 0 Å². The van der Waals surface area contributed by atoms with Crippen LogP contribution < -0.4 is 5.73 Å². The Morgan fingerprint density at radius 2 is 2.14 bits per heavy atom. The van der Waals surface area contributed by atoms with E-state index in [2.05, 4.69) is 54.9 Å². The summed E-state index contributed by atoms with van der Waals surface area (Å²) in [6, 6.07) is 8.33. The van der Waals surface area contributed by atoms with Crippen molar-refractivity contribution in [2.75, 3.05) is 6.54 Å². The van der Waals surface area contributed by atoms with Gasteiger partial charge in [0.1, 0.15) is 0 Å². The molecule has 2 fully saturated rings. The van der Waals surface area contributed by atoms with Gasteiger partial charge in [0.15, 0.2) is 0 Å². The Labute approximate surface area is 136 Å². The minimum atomic E-state index is -0.000486. The molecule has 1 aromatic rings. The van der Waals surface area contributed by atoms with Crippen molar-refractivity contribution in [2.24, 2.45) is 22.5 Å². The average Bonchev–Trinajstić information content (AvgIpc) is 2.77. The SMILES string of the molecule is CC1(C)C2CCC1(C)C(OC(CN)c1cccc(Br)c1)C2. The van der Waals surface area contributed by atoms with E-state index in [0.29, 0.717) is 18.1 Å². The maximum absolute atomic E-state index is 6.53. The van der Waals surface area contributed by atoms with Crippen LogP contribution in [-0.2, 0) is 4.74 Å². The number of hydrogen-bond donors (Lipinski definition) is 1. The first-order valence-electron chi connectivity index (χ1n) is 7.99. The molecule has 21 heavy (non-hydrogen) atoms. The van der Waals surface area contributed by atoms with E-state index in [0.717, 1.165) is 10.4 Å². The molecule has 0 heterocycles. The Balaban J connectivity index is 1.80. The number of hydrogen-bond acceptors (Lipinski definition) is 2. The zero-order chi connectivity index (χ0) is 15.3. The van der Waals surface area contributed by atoms with E-state index in [1.165, 1.54) is 24.8 Å². The fraction of sp³-hybridized carbons (Fsp3) is 0.667. The van der Waals surface area contributed by atoms with Crippen LogP contribution >= 0.6 is 15.9 Å². The Morgan fingerprint density at radius 3 is 2.67 bits per heavy atom. The molecule has 2 bridgehead atoms. The molecule has 1 aromatic carbocycles. The molecular formula is C18H26BrNO. The summed E-state index contributed by atoms with van der Waals surface area (Å²) in [5.41, 5.74) is 7.85. The van der Waals surface area contributed by atoms with Crippen molar-refractivity contribution < 1.29 is 4.74 Å². The monoisotopic (exact) mass is 351 g/mol. The van der Waals surface area contributed by atoms with Gasteiger partial charge >= 0.3 is 0 Å². The van der Waals surface area contributed by atoms with Crippen LogP contribution in [0.2, 0.25) is 0 Å². The van der Waals surface area contributed by atoms with Crippen LogP contribution in [0.1, 0.15) is 51.7 Å². The summed E-state index contributed by atoms with van der Waals surface area (Å²) in [4.78, 5) is 0. The second-order valence-corrected chi connectivity index (χ2v) is 8.43. The van der Waals surface area contributed by atoms with E-state index < -0.39 is 0 Å². The molecule has 0 amide bonds. The molecule has 0 aliphatic heterocycles. The summed E-state index contributed by atoms with van der Waals surface area (Å²) in [7, 11) is 0. The fourth-order valence-electron chi connectivity index (χ4n) is 4.51. The molecule has 0 spiro atoms. The number of halogens is 1. The second-order valence-electron chi connectivity index (χ2n) is 7.51. The molecule has 3 heteroatoms. The number of rotatable bonds is 4. The van der Waals surface area contributed by atoms with Crippen molar-refractivity contribution in [3.63, 3.8) is 0 Å². The van der Waals surface area contributed by atoms with Crippen LogP contribution in [0.4, 0.5) is 0 Å². The summed E-state index contributed by atoms with van der Waals surface area (Å²) in [6.07, 6.45) is 4.16. The van der Waals surface area contributed by atoms with Crippen LogP contribution in [0.25, 0.3) is 0 Å². The topological polar surface area (TPSA) is 35.2 Å². The molecule has 0 saturated heterocycles. The van der Waals surface area contributed by atoms with E-state index in [1.54, 1.807) is 0 Å². The molecule has 4 unspecified atom stereocenters. The predicted octanol–water partition coefficient (Wildman–Crippen LogP) is 4.68. The zero-order valence-corrected chi connectivity index (χ0v) is 14.8. The molecule has 0 radical (unpaired) electrons. The van der Waals surface area contributed by atoms with Crippen LogP contribution in [-0.4, -0.2) is 12.6 Å². The van der Waals surface area contributed by atoms with Gasteiger partial charge in [0.05, 0.1) is 12.2 Å². The molecular weight excluding hydrogens is 326 g/mol. The highest BCUT2D eigenvalue weighted by Gasteiger charge is 2.62. The van der Waals surface area contributed by atoms with Gasteiger partial charge in [-0.1, -0.05) is 48.8 Å². The number of ether oxygens (including phenoxy) is 1. The third kappa shape index (κ3) is 2.38. The summed E-state index contributed by atoms with van der Waals surface area (Å²) >= 11 is 3.54. The average molecular weight is 352 g/mol. The number of nitrogens with two attached hydrogens (primary N) is 1. The molecule has 116 valence electrons. The Hall–Kier alpha value is -0.380. The lowest BCUT2D eigenvalue weighted by molar-refractivity contribution is -0.0849. The van der Waals surface area contributed by atoms with Gasteiger partial charge in [0.2, 0.25) is 0 Å². The maximum atomic E-state index is 6.53. The lowest BCUT2D eigenvalue weighted by Gasteiger charge is -2.40. The third-order valence-corrected chi connectivity index (χ3v) is 6.97. The van der Waals surface area contributed by atoms with Gasteiger partial charge in [-0.15, -0.1) is 0 Å². The standard InChI is InChI=1S/C18H26BrNO/c1-17(2)13-7-8-18(17,3)16(10-13)21-15(11-20)12-5-4-6-14(19)9-12/h4-6,9,13,15-16H,7-8,10-11,20H2,1-3H3. The van der Waals surface area contributed by atoms with Crippen molar-refractivity contribution in [3.05, 3.63) is 34.3 Å². The minimum Gasteiger partial charge on any atom is -0.368 e. The quantitative estimate of drug-likeness (QED) is 0.854. The Kier molecular flexibility index (Phi) is 3.96. The van der Waals surface area contributed by atoms with E-state index in [-0.39, 0.29) is 11.5 Å². The Morgan fingerprint density at radius 1 is 1.38 bits per heavy atom. The van der Waals surface area contributed by atoms with Crippen LogP contribution in [0, 0.1) is 16.7 Å². The van der Waals surface area contributed by atoms with Crippen molar-refractivity contribution >= 4 is 15.9 Å². The van der Waals surface area contributed by atoms with Crippen LogP contribution in [0.3, 0.4) is 0 Å². The molecule has 0 aromatic heterocycles. The van der Waals surface area contributed by atoms with E-state index in [9.17, 15) is 0 Å². The fourth-order valence-corrected chi connectivity index (χ4v) is 4.93. The lowest BCUT2D eigenvalue weighted by atomic mass is 9.70. The molecule has 2 aliphatic rings. The van der Waals surface area contributed by atoms with E-state index in [1.807, 2.05) is 6.07 Å². The summed E-state index contributed by atoms with van der Waals surface area (Å²) in [5, 5.41) is 0. The highest BCUT2D eigenvalue weighted by atomic mass is 79.9. The predicted molar refractivity (Wildman–Crippen MR) is 90.0 cm³/mol. The molecule has 2 nitrogen and oxygen atoms in total. The van der Waals surface area contributed by atoms with Gasteiger partial charge < -0.3 is 10.5 Å². The molecule has 2 aliphatic carbocycles. The highest BCUT2D eigenvalue weighted by Crippen LogP contribution is 2.66. The smallest absolute Gasteiger partial charge is 0.0951 e.